The van der Waals surface area contributed by atoms with Crippen molar-refractivity contribution in [3.8, 4) is 0 Å². The summed E-state index contributed by atoms with van der Waals surface area (Å²) in [6.45, 7) is 0. The van der Waals surface area contributed by atoms with Crippen molar-refractivity contribution in [1.29, 1.82) is 0 Å². The van der Waals surface area contributed by atoms with Crippen LogP contribution in [0.15, 0.2) is 16.9 Å². The highest BCUT2D eigenvalue weighted by Crippen LogP contribution is 2.26. The van der Waals surface area contributed by atoms with Gasteiger partial charge < -0.3 is 5.11 Å². The number of hydrogen-bond donors (Lipinski definition) is 1. The van der Waals surface area contributed by atoms with E-state index in [1.807, 2.05) is 0 Å². The summed E-state index contributed by atoms with van der Waals surface area (Å²) < 4.78 is 24.4. The maximum Gasteiger partial charge on any atom is 0.338 e. The molecule has 0 amide bonds. The van der Waals surface area contributed by atoms with Crippen molar-refractivity contribution in [3.63, 3.8) is 0 Å². The lowest BCUT2D eigenvalue weighted by atomic mass is 10.1. The Kier molecular flexibility index (Phi) is 2.92. The van der Waals surface area contributed by atoms with E-state index in [4.69, 9.17) is 5.11 Å². The van der Waals surface area contributed by atoms with Crippen LogP contribution in [0.4, 0.5) is 8.78 Å². The molecule has 1 rings (SSSR count). The summed E-state index contributed by atoms with van der Waals surface area (Å²) >= 11 is 2.79. The third-order valence-corrected chi connectivity index (χ3v) is 1.99. The Hall–Kier alpha value is -1.04. The van der Waals surface area contributed by atoms with Gasteiger partial charge in [0.2, 0.25) is 0 Å². The first kappa shape index (κ1) is 10.0. The predicted molar refractivity (Wildman–Crippen MR) is 43.9 cm³/mol. The molecule has 0 fully saturated rings. The molecule has 0 atom stereocenters. The first-order valence-corrected chi connectivity index (χ1v) is 3.99. The van der Waals surface area contributed by atoms with E-state index in [2.05, 4.69) is 20.9 Å². The number of alkyl halides is 2. The van der Waals surface area contributed by atoms with Crippen molar-refractivity contribution in [3.05, 3.63) is 28.0 Å². The second-order valence-electron chi connectivity index (χ2n) is 2.17. The van der Waals surface area contributed by atoms with E-state index in [-0.39, 0.29) is 4.60 Å². The standard InChI is InChI=1S/C7H4BrF2NO2/c8-5-4(7(12)13)3(6(9)10)1-2-11-5/h1-2,6H,(H,12,13). The molecule has 0 saturated carbocycles. The lowest BCUT2D eigenvalue weighted by molar-refractivity contribution is 0.0682. The highest BCUT2D eigenvalue weighted by Gasteiger charge is 2.20. The zero-order valence-corrected chi connectivity index (χ0v) is 7.75. The van der Waals surface area contributed by atoms with Gasteiger partial charge in [-0.25, -0.2) is 18.6 Å². The minimum absolute atomic E-state index is 0.0854. The number of aromatic carboxylic acids is 1. The van der Waals surface area contributed by atoms with Crippen LogP contribution in [0.5, 0.6) is 0 Å². The van der Waals surface area contributed by atoms with Gasteiger partial charge in [-0.15, -0.1) is 0 Å². The van der Waals surface area contributed by atoms with Gasteiger partial charge in [-0.3, -0.25) is 0 Å². The summed E-state index contributed by atoms with van der Waals surface area (Å²) in [6.07, 6.45) is -1.69. The van der Waals surface area contributed by atoms with Crippen LogP contribution in [0.3, 0.4) is 0 Å². The van der Waals surface area contributed by atoms with Crippen LogP contribution in [0.1, 0.15) is 22.3 Å². The van der Waals surface area contributed by atoms with Gasteiger partial charge >= 0.3 is 5.97 Å². The minimum Gasteiger partial charge on any atom is -0.478 e. The average molecular weight is 252 g/mol. The maximum absolute atomic E-state index is 12.3. The molecule has 1 aromatic rings. The molecule has 3 nitrogen and oxygen atoms in total. The first-order chi connectivity index (χ1) is 6.04. The number of aromatic nitrogens is 1. The van der Waals surface area contributed by atoms with Gasteiger partial charge in [-0.2, -0.15) is 0 Å². The van der Waals surface area contributed by atoms with E-state index in [9.17, 15) is 13.6 Å². The molecule has 0 unspecified atom stereocenters. The molecule has 70 valence electrons. The Labute approximate surface area is 80.5 Å². The average Bonchev–Trinajstić information content (AvgIpc) is 2.02. The number of carboxylic acids is 1. The van der Waals surface area contributed by atoms with Gasteiger partial charge in [-0.1, -0.05) is 0 Å². The zero-order valence-electron chi connectivity index (χ0n) is 6.17. The second kappa shape index (κ2) is 3.78. The number of rotatable bonds is 2. The fourth-order valence-corrected chi connectivity index (χ4v) is 1.36. The monoisotopic (exact) mass is 251 g/mol. The number of pyridine rings is 1. The van der Waals surface area contributed by atoms with Gasteiger partial charge in [0.05, 0.1) is 0 Å². The Morgan fingerprint density at radius 2 is 2.23 bits per heavy atom. The van der Waals surface area contributed by atoms with E-state index >= 15 is 0 Å². The van der Waals surface area contributed by atoms with Gasteiger partial charge in [0.15, 0.2) is 0 Å². The van der Waals surface area contributed by atoms with E-state index in [0.717, 1.165) is 12.3 Å². The summed E-state index contributed by atoms with van der Waals surface area (Å²) in [6, 6.07) is 0.985. The smallest absolute Gasteiger partial charge is 0.338 e. The summed E-state index contributed by atoms with van der Waals surface area (Å²) in [5.74, 6) is -1.42. The first-order valence-electron chi connectivity index (χ1n) is 3.20. The minimum atomic E-state index is -2.81. The van der Waals surface area contributed by atoms with Crippen LogP contribution in [0.25, 0.3) is 0 Å². The van der Waals surface area contributed by atoms with Crippen LogP contribution in [-0.2, 0) is 0 Å². The zero-order chi connectivity index (χ0) is 10.0. The lowest BCUT2D eigenvalue weighted by Crippen LogP contribution is -2.05. The molecule has 1 N–H and O–H groups in total. The van der Waals surface area contributed by atoms with Crippen LogP contribution in [0.2, 0.25) is 0 Å². The Morgan fingerprint density at radius 1 is 1.62 bits per heavy atom. The molecule has 0 bridgehead atoms. The number of carboxylic acid groups (broad SMARTS) is 1. The molecule has 0 aromatic carbocycles. The van der Waals surface area contributed by atoms with Crippen LogP contribution >= 0.6 is 15.9 Å². The van der Waals surface area contributed by atoms with Crippen molar-refractivity contribution in [2.75, 3.05) is 0 Å². The van der Waals surface area contributed by atoms with Crippen molar-refractivity contribution in [2.24, 2.45) is 0 Å². The third-order valence-electron chi connectivity index (χ3n) is 1.39. The summed E-state index contributed by atoms with van der Waals surface area (Å²) in [4.78, 5) is 14.1. The van der Waals surface area contributed by atoms with Gasteiger partial charge in [0.1, 0.15) is 10.2 Å². The van der Waals surface area contributed by atoms with Crippen molar-refractivity contribution in [2.45, 2.75) is 6.43 Å². The molecule has 0 aliphatic rings. The maximum atomic E-state index is 12.3. The van der Waals surface area contributed by atoms with E-state index in [1.54, 1.807) is 0 Å². The van der Waals surface area contributed by atoms with Gasteiger partial charge in [0, 0.05) is 11.8 Å². The predicted octanol–water partition coefficient (Wildman–Crippen LogP) is 2.48. The SMILES string of the molecule is O=C(O)c1c(C(F)F)ccnc1Br. The molecule has 0 aliphatic heterocycles. The van der Waals surface area contributed by atoms with Crippen LogP contribution < -0.4 is 0 Å². The number of hydrogen-bond acceptors (Lipinski definition) is 2. The quantitative estimate of drug-likeness (QED) is 0.822. The molecule has 0 saturated heterocycles. The largest absolute Gasteiger partial charge is 0.478 e. The summed E-state index contributed by atoms with van der Waals surface area (Å²) in [7, 11) is 0. The van der Waals surface area contributed by atoms with Crippen LogP contribution in [-0.4, -0.2) is 16.1 Å². The second-order valence-corrected chi connectivity index (χ2v) is 2.92. The Bertz CT molecular complexity index is 343. The van der Waals surface area contributed by atoms with Gasteiger partial charge in [-0.05, 0) is 22.0 Å². The molecule has 0 spiro atoms. The van der Waals surface area contributed by atoms with E-state index in [0.29, 0.717) is 0 Å². The van der Waals surface area contributed by atoms with Crippen molar-refractivity contribution < 1.29 is 18.7 Å². The molecule has 0 aliphatic carbocycles. The Morgan fingerprint density at radius 3 is 2.62 bits per heavy atom. The topological polar surface area (TPSA) is 50.2 Å². The summed E-state index contributed by atoms with van der Waals surface area (Å²) in [5.41, 5.74) is -1.02. The fraction of sp³-hybridized carbons (Fsp3) is 0.143. The number of halogens is 3. The van der Waals surface area contributed by atoms with Crippen molar-refractivity contribution >= 4 is 21.9 Å². The number of carbonyl (C=O) groups is 1. The highest BCUT2D eigenvalue weighted by molar-refractivity contribution is 9.10. The molecular formula is C7H4BrF2NO2. The molecular weight excluding hydrogens is 248 g/mol. The lowest BCUT2D eigenvalue weighted by Gasteiger charge is -2.04. The number of nitrogens with zero attached hydrogens (tertiary/aromatic N) is 1. The molecule has 1 aromatic heterocycles. The van der Waals surface area contributed by atoms with Crippen molar-refractivity contribution in [1.82, 2.24) is 4.98 Å². The Balaban J connectivity index is 3.34. The normalized spacial score (nSPS) is 10.5. The van der Waals surface area contributed by atoms with Crippen LogP contribution in [0, 0.1) is 0 Å². The van der Waals surface area contributed by atoms with Gasteiger partial charge in [0.25, 0.3) is 6.43 Å². The molecule has 0 radical (unpaired) electrons. The molecule has 1 heterocycles. The molecule has 6 heteroatoms. The third kappa shape index (κ3) is 2.00. The summed E-state index contributed by atoms with van der Waals surface area (Å²) in [5, 5.41) is 8.59. The highest BCUT2D eigenvalue weighted by atomic mass is 79.9. The fourth-order valence-electron chi connectivity index (χ4n) is 0.844. The van der Waals surface area contributed by atoms with E-state index in [1.165, 1.54) is 0 Å². The van der Waals surface area contributed by atoms with E-state index < -0.39 is 23.5 Å². The molecule has 13 heavy (non-hydrogen) atoms.